The highest BCUT2D eigenvalue weighted by Crippen LogP contribution is 2.24. The maximum absolute atomic E-state index is 12.5. The summed E-state index contributed by atoms with van der Waals surface area (Å²) in [6.07, 6.45) is 5.58. The number of nitrogens with zero attached hydrogens (tertiary/aromatic N) is 5. The number of carbonyl (C=O) groups excluding carboxylic acids is 1. The molecule has 21 heavy (non-hydrogen) atoms. The molecule has 0 spiro atoms. The van der Waals surface area contributed by atoms with Crippen molar-refractivity contribution in [1.82, 2.24) is 25.1 Å². The average Bonchev–Trinajstić information content (AvgIpc) is 2.90. The lowest BCUT2D eigenvalue weighted by Crippen LogP contribution is -2.48. The highest BCUT2D eigenvalue weighted by molar-refractivity contribution is 7.99. The molecule has 0 N–H and O–H groups in total. The molecule has 2 heterocycles. The van der Waals surface area contributed by atoms with E-state index in [2.05, 4.69) is 36.3 Å². The molecule has 6 nitrogen and oxygen atoms in total. The van der Waals surface area contributed by atoms with Crippen LogP contribution in [-0.4, -0.2) is 48.9 Å². The first-order chi connectivity index (χ1) is 10.1. The van der Waals surface area contributed by atoms with Crippen molar-refractivity contribution in [3.63, 3.8) is 0 Å². The summed E-state index contributed by atoms with van der Waals surface area (Å²) in [5.74, 6) is 0.617. The zero-order valence-electron chi connectivity index (χ0n) is 13.2. The number of piperidine rings is 1. The minimum absolute atomic E-state index is 0.199. The molecule has 1 amide bonds. The van der Waals surface area contributed by atoms with Crippen LogP contribution in [0.1, 0.15) is 52.9 Å². The van der Waals surface area contributed by atoms with Gasteiger partial charge in [0.15, 0.2) is 0 Å². The lowest BCUT2D eigenvalue weighted by atomic mass is 9.98. The van der Waals surface area contributed by atoms with Crippen LogP contribution in [0.25, 0.3) is 0 Å². The monoisotopic (exact) mass is 311 g/mol. The molecule has 1 aromatic heterocycles. The van der Waals surface area contributed by atoms with Gasteiger partial charge in [0, 0.05) is 18.6 Å². The van der Waals surface area contributed by atoms with Gasteiger partial charge < -0.3 is 4.90 Å². The van der Waals surface area contributed by atoms with Gasteiger partial charge in [0.1, 0.15) is 0 Å². The van der Waals surface area contributed by atoms with Gasteiger partial charge in [-0.05, 0) is 50.0 Å². The van der Waals surface area contributed by atoms with E-state index < -0.39 is 0 Å². The van der Waals surface area contributed by atoms with Crippen LogP contribution in [0.2, 0.25) is 0 Å². The van der Waals surface area contributed by atoms with E-state index in [1.54, 1.807) is 4.68 Å². The molecule has 1 fully saturated rings. The Morgan fingerprint density at radius 2 is 2.05 bits per heavy atom. The molecule has 1 aromatic rings. The van der Waals surface area contributed by atoms with E-state index in [1.807, 2.05) is 4.90 Å². The lowest BCUT2D eigenvalue weighted by molar-refractivity contribution is -0.134. The summed E-state index contributed by atoms with van der Waals surface area (Å²) >= 11 is 1.45. The highest BCUT2D eigenvalue weighted by atomic mass is 32.2. The zero-order chi connectivity index (χ0) is 15.2. The second-order valence-electron chi connectivity index (χ2n) is 5.76. The van der Waals surface area contributed by atoms with Crippen LogP contribution in [0.4, 0.5) is 0 Å². The summed E-state index contributed by atoms with van der Waals surface area (Å²) in [5, 5.41) is 12.5. The fraction of sp³-hybridized carbons (Fsp3) is 0.857. The molecule has 7 heteroatoms. The SMILES string of the molecule is CCCCn1nnnc1SCC(=O)N1[C@H](C)CCC[C@@H]1C. The fourth-order valence-electron chi connectivity index (χ4n) is 2.86. The van der Waals surface area contributed by atoms with E-state index >= 15 is 0 Å². The lowest BCUT2D eigenvalue weighted by Gasteiger charge is -2.39. The van der Waals surface area contributed by atoms with Crippen molar-refractivity contribution in [3.05, 3.63) is 0 Å². The Morgan fingerprint density at radius 1 is 1.33 bits per heavy atom. The van der Waals surface area contributed by atoms with Crippen LogP contribution < -0.4 is 0 Å². The number of thioether (sulfide) groups is 1. The third-order valence-corrected chi connectivity index (χ3v) is 4.97. The molecule has 2 rings (SSSR count). The van der Waals surface area contributed by atoms with Crippen molar-refractivity contribution in [3.8, 4) is 0 Å². The summed E-state index contributed by atoms with van der Waals surface area (Å²) < 4.78 is 1.80. The predicted octanol–water partition coefficient (Wildman–Crippen LogP) is 2.35. The number of aryl methyl sites for hydroxylation is 1. The van der Waals surface area contributed by atoms with Gasteiger partial charge >= 0.3 is 0 Å². The molecule has 0 unspecified atom stereocenters. The topological polar surface area (TPSA) is 63.9 Å². The average molecular weight is 311 g/mol. The first-order valence-corrected chi connectivity index (χ1v) is 8.82. The van der Waals surface area contributed by atoms with E-state index in [4.69, 9.17) is 0 Å². The maximum atomic E-state index is 12.5. The van der Waals surface area contributed by atoms with Gasteiger partial charge in [-0.3, -0.25) is 4.79 Å². The summed E-state index contributed by atoms with van der Waals surface area (Å²) in [7, 11) is 0. The third-order valence-electron chi connectivity index (χ3n) is 4.03. The van der Waals surface area contributed by atoms with Gasteiger partial charge in [-0.2, -0.15) is 0 Å². The van der Waals surface area contributed by atoms with Crippen molar-refractivity contribution in [2.45, 2.75) is 76.7 Å². The number of rotatable bonds is 6. The van der Waals surface area contributed by atoms with Crippen LogP contribution in [0.15, 0.2) is 5.16 Å². The smallest absolute Gasteiger partial charge is 0.233 e. The summed E-state index contributed by atoms with van der Waals surface area (Å²) in [4.78, 5) is 14.5. The van der Waals surface area contributed by atoms with E-state index in [-0.39, 0.29) is 5.91 Å². The number of unbranched alkanes of at least 4 members (excludes halogenated alkanes) is 1. The number of likely N-dealkylation sites (tertiary alicyclic amines) is 1. The van der Waals surface area contributed by atoms with Crippen molar-refractivity contribution in [2.24, 2.45) is 0 Å². The Hall–Kier alpha value is -1.11. The van der Waals surface area contributed by atoms with Crippen LogP contribution >= 0.6 is 11.8 Å². The van der Waals surface area contributed by atoms with Crippen molar-refractivity contribution in [1.29, 1.82) is 0 Å². The van der Waals surface area contributed by atoms with Gasteiger partial charge in [-0.1, -0.05) is 25.1 Å². The van der Waals surface area contributed by atoms with E-state index in [1.165, 1.54) is 18.2 Å². The second kappa shape index (κ2) is 7.77. The molecule has 0 aliphatic carbocycles. The first-order valence-electron chi connectivity index (χ1n) is 7.83. The Bertz CT molecular complexity index is 454. The second-order valence-corrected chi connectivity index (χ2v) is 6.70. The number of hydrogen-bond acceptors (Lipinski definition) is 5. The van der Waals surface area contributed by atoms with Crippen LogP contribution in [0.5, 0.6) is 0 Å². The molecular formula is C14H25N5OS. The largest absolute Gasteiger partial charge is 0.337 e. The van der Waals surface area contributed by atoms with Gasteiger partial charge in [0.25, 0.3) is 0 Å². The molecule has 118 valence electrons. The third kappa shape index (κ3) is 4.18. The zero-order valence-corrected chi connectivity index (χ0v) is 14.0. The molecule has 0 saturated carbocycles. The fourth-order valence-corrected chi connectivity index (χ4v) is 3.63. The van der Waals surface area contributed by atoms with Gasteiger partial charge in [-0.15, -0.1) is 5.10 Å². The van der Waals surface area contributed by atoms with Crippen LogP contribution in [-0.2, 0) is 11.3 Å². The molecule has 1 aliphatic rings. The molecule has 2 atom stereocenters. The normalized spacial score (nSPS) is 22.5. The van der Waals surface area contributed by atoms with Crippen LogP contribution in [0, 0.1) is 0 Å². The number of tetrazole rings is 1. The van der Waals surface area contributed by atoms with E-state index in [0.29, 0.717) is 17.8 Å². The molecule has 1 saturated heterocycles. The molecule has 0 aromatic carbocycles. The first kappa shape index (κ1) is 16.3. The van der Waals surface area contributed by atoms with E-state index in [0.717, 1.165) is 37.4 Å². The standard InChI is InChI=1S/C14H25N5OS/c1-4-5-9-18-14(15-16-17-18)21-10-13(20)19-11(2)7-6-8-12(19)3/h11-12H,4-10H2,1-3H3/t11-,12+. The van der Waals surface area contributed by atoms with Crippen LogP contribution in [0.3, 0.4) is 0 Å². The molecular weight excluding hydrogens is 286 g/mol. The van der Waals surface area contributed by atoms with Crippen molar-refractivity contribution >= 4 is 17.7 Å². The minimum atomic E-state index is 0.199. The van der Waals surface area contributed by atoms with Crippen molar-refractivity contribution in [2.75, 3.05) is 5.75 Å². The Labute approximate surface area is 130 Å². The molecule has 0 bridgehead atoms. The number of hydrogen-bond donors (Lipinski definition) is 0. The van der Waals surface area contributed by atoms with Crippen molar-refractivity contribution < 1.29 is 4.79 Å². The van der Waals surface area contributed by atoms with Gasteiger partial charge in [-0.25, -0.2) is 4.68 Å². The Balaban J connectivity index is 1.90. The Morgan fingerprint density at radius 3 is 2.71 bits per heavy atom. The molecule has 1 aliphatic heterocycles. The number of aromatic nitrogens is 4. The summed E-state index contributed by atoms with van der Waals surface area (Å²) in [6.45, 7) is 7.24. The maximum Gasteiger partial charge on any atom is 0.233 e. The Kier molecular flexibility index (Phi) is 6.02. The summed E-state index contributed by atoms with van der Waals surface area (Å²) in [5.41, 5.74) is 0. The highest BCUT2D eigenvalue weighted by Gasteiger charge is 2.28. The van der Waals surface area contributed by atoms with Gasteiger partial charge in [0.2, 0.25) is 11.1 Å². The number of carbonyl (C=O) groups is 1. The predicted molar refractivity (Wildman–Crippen MR) is 83.1 cm³/mol. The quantitative estimate of drug-likeness (QED) is 0.755. The number of amides is 1. The molecule has 0 radical (unpaired) electrons. The van der Waals surface area contributed by atoms with E-state index in [9.17, 15) is 4.79 Å². The summed E-state index contributed by atoms with van der Waals surface area (Å²) in [6, 6.07) is 0.691. The van der Waals surface area contributed by atoms with Gasteiger partial charge in [0.05, 0.1) is 5.75 Å². The minimum Gasteiger partial charge on any atom is -0.337 e.